The van der Waals surface area contributed by atoms with E-state index in [1.807, 2.05) is 35.8 Å². The van der Waals surface area contributed by atoms with Crippen LogP contribution in [0.3, 0.4) is 0 Å². The molecule has 2 aliphatic carbocycles. The van der Waals surface area contributed by atoms with E-state index >= 15 is 0 Å². The van der Waals surface area contributed by atoms with E-state index in [0.717, 1.165) is 30.5 Å². The topological polar surface area (TPSA) is 75.8 Å². The van der Waals surface area contributed by atoms with Crippen molar-refractivity contribution in [3.05, 3.63) is 30.2 Å². The van der Waals surface area contributed by atoms with Crippen molar-refractivity contribution in [3.8, 4) is 0 Å². The summed E-state index contributed by atoms with van der Waals surface area (Å²) >= 11 is 0. The lowest BCUT2D eigenvalue weighted by molar-refractivity contribution is -0.145. The van der Waals surface area contributed by atoms with Gasteiger partial charge in [0.05, 0.1) is 12.6 Å². The summed E-state index contributed by atoms with van der Waals surface area (Å²) in [5, 5.41) is 15.6. The zero-order valence-electron chi connectivity index (χ0n) is 16.3. The Labute approximate surface area is 160 Å². The van der Waals surface area contributed by atoms with E-state index < -0.39 is 0 Å². The van der Waals surface area contributed by atoms with Crippen molar-refractivity contribution in [3.63, 3.8) is 0 Å². The molecule has 2 heterocycles. The van der Waals surface area contributed by atoms with E-state index in [1.165, 1.54) is 32.1 Å². The second kappa shape index (κ2) is 7.84. The van der Waals surface area contributed by atoms with Crippen LogP contribution in [0, 0.1) is 5.41 Å². The Bertz CT molecular complexity index is 795. The molecule has 0 saturated heterocycles. The number of rotatable bonds is 5. The lowest BCUT2D eigenvalue weighted by atomic mass is 9.55. The Morgan fingerprint density at radius 1 is 1.30 bits per heavy atom. The van der Waals surface area contributed by atoms with Gasteiger partial charge in [-0.05, 0) is 38.3 Å². The van der Waals surface area contributed by atoms with Crippen LogP contribution in [-0.4, -0.2) is 46.4 Å². The van der Waals surface area contributed by atoms with E-state index in [-0.39, 0.29) is 5.41 Å². The zero-order valence-corrected chi connectivity index (χ0v) is 16.3. The minimum Gasteiger partial charge on any atom is -0.378 e. The largest absolute Gasteiger partial charge is 0.378 e. The van der Waals surface area contributed by atoms with Gasteiger partial charge in [-0.1, -0.05) is 25.3 Å². The number of aliphatic imine (C=N–C) groups is 1. The summed E-state index contributed by atoms with van der Waals surface area (Å²) in [6, 6.07) is 6.34. The molecule has 7 heteroatoms. The molecule has 7 nitrogen and oxygen atoms in total. The maximum Gasteiger partial charge on any atom is 0.191 e. The lowest BCUT2D eigenvalue weighted by Gasteiger charge is -2.57. The molecule has 2 aromatic heterocycles. The molecule has 4 rings (SSSR count). The highest BCUT2D eigenvalue weighted by atomic mass is 16.5. The maximum absolute atomic E-state index is 6.06. The minimum absolute atomic E-state index is 0.271. The Balaban J connectivity index is 1.40. The van der Waals surface area contributed by atoms with Gasteiger partial charge in [-0.3, -0.25) is 9.39 Å². The van der Waals surface area contributed by atoms with E-state index in [0.29, 0.717) is 18.7 Å². The lowest BCUT2D eigenvalue weighted by Crippen LogP contribution is -2.66. The van der Waals surface area contributed by atoms with E-state index in [1.54, 1.807) is 0 Å². The highest BCUT2D eigenvalue weighted by Gasteiger charge is 2.55. The molecule has 0 aromatic carbocycles. The molecule has 2 fully saturated rings. The number of hydrogen-bond acceptors (Lipinski definition) is 4. The number of fused-ring (bicyclic) bond motifs is 1. The van der Waals surface area contributed by atoms with Crippen LogP contribution < -0.4 is 10.6 Å². The predicted molar refractivity (Wildman–Crippen MR) is 106 cm³/mol. The van der Waals surface area contributed by atoms with Gasteiger partial charge in [0.15, 0.2) is 17.4 Å². The second-order valence-electron chi connectivity index (χ2n) is 7.64. The summed E-state index contributed by atoms with van der Waals surface area (Å²) in [6.45, 7) is 3.48. The summed E-state index contributed by atoms with van der Waals surface area (Å²) in [5.74, 6) is 1.70. The summed E-state index contributed by atoms with van der Waals surface area (Å²) in [6.07, 6.45) is 9.89. The van der Waals surface area contributed by atoms with Gasteiger partial charge in [-0.25, -0.2) is 0 Å². The quantitative estimate of drug-likeness (QED) is 0.625. The molecule has 27 heavy (non-hydrogen) atoms. The van der Waals surface area contributed by atoms with Gasteiger partial charge in [0.1, 0.15) is 0 Å². The van der Waals surface area contributed by atoms with Gasteiger partial charge in [-0.15, -0.1) is 10.2 Å². The molecule has 0 amide bonds. The third-order valence-corrected chi connectivity index (χ3v) is 6.27. The average Bonchev–Trinajstić information content (AvgIpc) is 3.13. The van der Waals surface area contributed by atoms with E-state index in [2.05, 4.69) is 32.7 Å². The Kier molecular flexibility index (Phi) is 5.29. The van der Waals surface area contributed by atoms with Crippen LogP contribution in [0.25, 0.3) is 5.65 Å². The predicted octanol–water partition coefficient (Wildman–Crippen LogP) is 2.52. The van der Waals surface area contributed by atoms with E-state index in [4.69, 9.17) is 4.74 Å². The number of aromatic nitrogens is 3. The SMILES string of the molecule is CCOC1CC(NC(=NC)NCc2nnc3ccccn23)C12CCCCC2. The third-order valence-electron chi connectivity index (χ3n) is 6.27. The number of nitrogens with one attached hydrogen (secondary N) is 2. The molecular formula is C20H30N6O. The van der Waals surface area contributed by atoms with Gasteiger partial charge >= 0.3 is 0 Å². The van der Waals surface area contributed by atoms with Crippen LogP contribution in [0.4, 0.5) is 0 Å². The van der Waals surface area contributed by atoms with E-state index in [9.17, 15) is 0 Å². The molecule has 2 unspecified atom stereocenters. The van der Waals surface area contributed by atoms with Gasteiger partial charge in [-0.2, -0.15) is 0 Å². The minimum atomic E-state index is 0.271. The molecule has 146 valence electrons. The highest BCUT2D eigenvalue weighted by molar-refractivity contribution is 5.80. The molecule has 1 spiro atoms. The van der Waals surface area contributed by atoms with Gasteiger partial charge < -0.3 is 15.4 Å². The molecule has 0 aliphatic heterocycles. The fourth-order valence-electron chi connectivity index (χ4n) is 4.80. The van der Waals surface area contributed by atoms with Crippen molar-refractivity contribution >= 4 is 11.6 Å². The van der Waals surface area contributed by atoms with Gasteiger partial charge in [0.2, 0.25) is 0 Å². The molecule has 0 bridgehead atoms. The second-order valence-corrected chi connectivity index (χ2v) is 7.64. The Morgan fingerprint density at radius 3 is 2.93 bits per heavy atom. The summed E-state index contributed by atoms with van der Waals surface area (Å²) in [5.41, 5.74) is 1.13. The van der Waals surface area contributed by atoms with Crippen molar-refractivity contribution in [1.29, 1.82) is 0 Å². The van der Waals surface area contributed by atoms with Crippen LogP contribution in [0.15, 0.2) is 29.4 Å². The Morgan fingerprint density at radius 2 is 2.15 bits per heavy atom. The molecular weight excluding hydrogens is 340 g/mol. The smallest absolute Gasteiger partial charge is 0.191 e. The van der Waals surface area contributed by atoms with Crippen molar-refractivity contribution < 1.29 is 4.74 Å². The number of pyridine rings is 1. The van der Waals surface area contributed by atoms with Crippen molar-refractivity contribution in [2.75, 3.05) is 13.7 Å². The van der Waals surface area contributed by atoms with Crippen LogP contribution in [0.1, 0.15) is 51.3 Å². The zero-order chi connectivity index (χ0) is 18.7. The number of ether oxygens (including phenoxy) is 1. The summed E-state index contributed by atoms with van der Waals surface area (Å²) < 4.78 is 8.06. The monoisotopic (exact) mass is 370 g/mol. The summed E-state index contributed by atoms with van der Waals surface area (Å²) in [7, 11) is 1.82. The number of nitrogens with zero attached hydrogens (tertiary/aromatic N) is 4. The van der Waals surface area contributed by atoms with Crippen LogP contribution >= 0.6 is 0 Å². The summed E-state index contributed by atoms with van der Waals surface area (Å²) in [4.78, 5) is 4.43. The van der Waals surface area contributed by atoms with Crippen molar-refractivity contribution in [2.45, 2.75) is 64.1 Å². The van der Waals surface area contributed by atoms with Gasteiger partial charge in [0, 0.05) is 31.3 Å². The molecule has 2 aliphatic rings. The average molecular weight is 371 g/mol. The fourth-order valence-corrected chi connectivity index (χ4v) is 4.80. The molecule has 0 radical (unpaired) electrons. The highest BCUT2D eigenvalue weighted by Crippen LogP contribution is 2.53. The van der Waals surface area contributed by atoms with Crippen LogP contribution in [0.5, 0.6) is 0 Å². The molecule has 2 N–H and O–H groups in total. The maximum atomic E-state index is 6.06. The first-order valence-electron chi connectivity index (χ1n) is 10.1. The first kappa shape index (κ1) is 18.2. The first-order valence-corrected chi connectivity index (χ1v) is 10.1. The Hall–Kier alpha value is -2.15. The standard InChI is InChI=1S/C20H30N6O/c1-3-27-16-13-15(20(16)10-6-4-7-11-20)23-19(21-2)22-14-18-25-24-17-9-5-8-12-26(17)18/h5,8-9,12,15-16H,3-4,6-7,10-11,13-14H2,1-2H3,(H2,21,22,23). The fraction of sp³-hybridized carbons (Fsp3) is 0.650. The molecule has 2 atom stereocenters. The molecule has 2 saturated carbocycles. The normalized spacial score (nSPS) is 24.7. The first-order chi connectivity index (χ1) is 13.3. The van der Waals surface area contributed by atoms with Crippen molar-refractivity contribution in [2.24, 2.45) is 10.4 Å². The molecule has 2 aromatic rings. The van der Waals surface area contributed by atoms with Crippen LogP contribution in [0.2, 0.25) is 0 Å². The van der Waals surface area contributed by atoms with Gasteiger partial charge in [0.25, 0.3) is 0 Å². The number of hydrogen-bond donors (Lipinski definition) is 2. The van der Waals surface area contributed by atoms with Crippen molar-refractivity contribution in [1.82, 2.24) is 25.2 Å². The third kappa shape index (κ3) is 3.40. The van der Waals surface area contributed by atoms with Crippen LogP contribution in [-0.2, 0) is 11.3 Å². The number of guanidine groups is 1.